The highest BCUT2D eigenvalue weighted by molar-refractivity contribution is 5.77. The van der Waals surface area contributed by atoms with Gasteiger partial charge < -0.3 is 4.90 Å². The molecule has 2 rings (SSSR count). The molecule has 0 unspecified atom stereocenters. The normalized spacial score (nSPS) is 11.8. The van der Waals surface area contributed by atoms with Crippen LogP contribution in [0.2, 0.25) is 0 Å². The monoisotopic (exact) mass is 355 g/mol. The third kappa shape index (κ3) is 5.56. The highest BCUT2D eigenvalue weighted by Gasteiger charge is 2.32. The molecule has 1 aromatic carbocycles. The number of aryl methyl sites for hydroxylation is 1. The van der Waals surface area contributed by atoms with Gasteiger partial charge in [0.15, 0.2) is 5.82 Å². The van der Waals surface area contributed by atoms with E-state index >= 15 is 0 Å². The molecule has 1 amide bonds. The van der Waals surface area contributed by atoms with Crippen molar-refractivity contribution in [2.75, 3.05) is 27.2 Å². The second kappa shape index (κ2) is 7.64. The molecule has 0 aliphatic heterocycles. The number of carbonyl (C=O) groups is 1. The first-order chi connectivity index (χ1) is 11.7. The van der Waals surface area contributed by atoms with Crippen LogP contribution >= 0.6 is 0 Å². The highest BCUT2D eigenvalue weighted by Crippen LogP contribution is 2.20. The van der Waals surface area contributed by atoms with Crippen LogP contribution in [0, 0.1) is 6.92 Å². The molecule has 0 saturated carbocycles. The van der Waals surface area contributed by atoms with Crippen molar-refractivity contribution >= 4 is 5.91 Å². The molecule has 0 N–H and O–H groups in total. The predicted octanol–water partition coefficient (Wildman–Crippen LogP) is 2.16. The van der Waals surface area contributed by atoms with Gasteiger partial charge in [-0.15, -0.1) is 0 Å². The lowest BCUT2D eigenvalue weighted by Crippen LogP contribution is -2.42. The van der Waals surface area contributed by atoms with Gasteiger partial charge >= 0.3 is 6.18 Å². The van der Waals surface area contributed by atoms with Crippen molar-refractivity contribution in [3.8, 4) is 11.4 Å². The van der Waals surface area contributed by atoms with Gasteiger partial charge in [-0.3, -0.25) is 9.69 Å². The van der Waals surface area contributed by atoms with Crippen LogP contribution in [0.5, 0.6) is 0 Å². The SMILES string of the molecule is Cc1nc(-c2ccccc2)n(CN(CC(=O)N(C)C)CC(F)(F)F)n1. The number of alkyl halides is 3. The Bertz CT molecular complexity index is 712. The maximum Gasteiger partial charge on any atom is 0.401 e. The molecule has 0 aliphatic rings. The van der Waals surface area contributed by atoms with Crippen molar-refractivity contribution in [1.29, 1.82) is 0 Å². The van der Waals surface area contributed by atoms with Gasteiger partial charge in [-0.1, -0.05) is 30.3 Å². The van der Waals surface area contributed by atoms with Gasteiger partial charge in [-0.25, -0.2) is 9.67 Å². The molecule has 0 radical (unpaired) electrons. The first kappa shape index (κ1) is 18.9. The molecule has 9 heteroatoms. The minimum absolute atomic E-state index is 0.190. The summed E-state index contributed by atoms with van der Waals surface area (Å²) in [5.74, 6) is 0.495. The lowest BCUT2D eigenvalue weighted by molar-refractivity contribution is -0.154. The van der Waals surface area contributed by atoms with E-state index in [4.69, 9.17) is 0 Å². The largest absolute Gasteiger partial charge is 0.401 e. The number of aromatic nitrogens is 3. The van der Waals surface area contributed by atoms with Crippen molar-refractivity contribution in [3.05, 3.63) is 36.2 Å². The van der Waals surface area contributed by atoms with Gasteiger partial charge in [0.1, 0.15) is 5.82 Å². The number of amides is 1. The van der Waals surface area contributed by atoms with Crippen LogP contribution in [0.25, 0.3) is 11.4 Å². The fourth-order valence-electron chi connectivity index (χ4n) is 2.29. The highest BCUT2D eigenvalue weighted by atomic mass is 19.4. The number of likely N-dealkylation sites (N-methyl/N-ethyl adjacent to an activating group) is 1. The summed E-state index contributed by atoms with van der Waals surface area (Å²) in [7, 11) is 3.01. The van der Waals surface area contributed by atoms with Crippen molar-refractivity contribution in [1.82, 2.24) is 24.6 Å². The van der Waals surface area contributed by atoms with E-state index < -0.39 is 18.6 Å². The van der Waals surface area contributed by atoms with E-state index in [-0.39, 0.29) is 13.2 Å². The molecule has 25 heavy (non-hydrogen) atoms. The quantitative estimate of drug-likeness (QED) is 0.797. The van der Waals surface area contributed by atoms with Crippen molar-refractivity contribution in [2.45, 2.75) is 19.8 Å². The second-order valence-corrected chi connectivity index (χ2v) is 5.88. The molecule has 0 saturated heterocycles. The number of halogens is 3. The minimum atomic E-state index is -4.42. The predicted molar refractivity (Wildman–Crippen MR) is 86.5 cm³/mol. The Morgan fingerprint density at radius 2 is 1.84 bits per heavy atom. The summed E-state index contributed by atoms with van der Waals surface area (Å²) in [6, 6.07) is 9.07. The van der Waals surface area contributed by atoms with Gasteiger partial charge in [-0.05, 0) is 6.92 Å². The van der Waals surface area contributed by atoms with Crippen LogP contribution in [-0.2, 0) is 11.5 Å². The van der Waals surface area contributed by atoms with E-state index in [9.17, 15) is 18.0 Å². The molecule has 6 nitrogen and oxygen atoms in total. The smallest absolute Gasteiger partial charge is 0.348 e. The first-order valence-electron chi connectivity index (χ1n) is 7.62. The van der Waals surface area contributed by atoms with E-state index in [0.717, 1.165) is 10.5 Å². The molecule has 136 valence electrons. The van der Waals surface area contributed by atoms with Crippen LogP contribution in [0.3, 0.4) is 0 Å². The first-order valence-corrected chi connectivity index (χ1v) is 7.62. The topological polar surface area (TPSA) is 54.3 Å². The molecule has 0 atom stereocenters. The lowest BCUT2D eigenvalue weighted by Gasteiger charge is -2.24. The van der Waals surface area contributed by atoms with E-state index in [1.165, 1.54) is 23.7 Å². The van der Waals surface area contributed by atoms with Crippen molar-refractivity contribution in [3.63, 3.8) is 0 Å². The minimum Gasteiger partial charge on any atom is -0.348 e. The molecule has 2 aromatic rings. The number of nitrogens with zero attached hydrogens (tertiary/aromatic N) is 5. The molecule has 1 heterocycles. The molecule has 0 spiro atoms. The Labute approximate surface area is 143 Å². The third-order valence-corrected chi connectivity index (χ3v) is 3.40. The summed E-state index contributed by atoms with van der Waals surface area (Å²) < 4.78 is 40.0. The average Bonchev–Trinajstić information content (AvgIpc) is 2.86. The standard InChI is InChI=1S/C16H20F3N5O/c1-12-20-15(13-7-5-4-6-8-13)24(21-12)11-23(10-16(17,18)19)9-14(25)22(2)3/h4-8H,9-11H2,1-3H3. The number of hydrogen-bond acceptors (Lipinski definition) is 4. The summed E-state index contributed by atoms with van der Waals surface area (Å²) in [5, 5.41) is 4.18. The Hall–Kier alpha value is -2.42. The van der Waals surface area contributed by atoms with Gasteiger partial charge in [-0.2, -0.15) is 18.3 Å². The summed E-state index contributed by atoms with van der Waals surface area (Å²) in [5.41, 5.74) is 0.744. The van der Waals surface area contributed by atoms with Gasteiger partial charge in [0.05, 0.1) is 19.8 Å². The Morgan fingerprint density at radius 3 is 2.40 bits per heavy atom. The Balaban J connectivity index is 2.27. The number of carbonyl (C=O) groups excluding carboxylic acids is 1. The fourth-order valence-corrected chi connectivity index (χ4v) is 2.29. The zero-order chi connectivity index (χ0) is 18.6. The summed E-state index contributed by atoms with van der Waals surface area (Å²) >= 11 is 0. The lowest BCUT2D eigenvalue weighted by atomic mass is 10.2. The van der Waals surface area contributed by atoms with Gasteiger partial charge in [0.2, 0.25) is 5.91 Å². The maximum absolute atomic E-state index is 12.9. The van der Waals surface area contributed by atoms with E-state index in [2.05, 4.69) is 10.1 Å². The number of benzene rings is 1. The zero-order valence-corrected chi connectivity index (χ0v) is 14.3. The number of rotatable bonds is 6. The van der Waals surface area contributed by atoms with Gasteiger partial charge in [0, 0.05) is 19.7 Å². The van der Waals surface area contributed by atoms with E-state index in [1.807, 2.05) is 18.2 Å². The molecule has 0 bridgehead atoms. The Morgan fingerprint density at radius 1 is 1.20 bits per heavy atom. The van der Waals surface area contributed by atoms with E-state index in [1.54, 1.807) is 19.1 Å². The van der Waals surface area contributed by atoms with Crippen LogP contribution in [0.4, 0.5) is 13.2 Å². The fraction of sp³-hybridized carbons (Fsp3) is 0.438. The molecular weight excluding hydrogens is 335 g/mol. The van der Waals surface area contributed by atoms with Crippen LogP contribution < -0.4 is 0 Å². The van der Waals surface area contributed by atoms with Gasteiger partial charge in [0.25, 0.3) is 0 Å². The summed E-state index contributed by atoms with van der Waals surface area (Å²) in [6.07, 6.45) is -4.42. The van der Waals surface area contributed by atoms with Crippen molar-refractivity contribution in [2.24, 2.45) is 0 Å². The maximum atomic E-state index is 12.9. The molecular formula is C16H20F3N5O. The van der Waals surface area contributed by atoms with E-state index in [0.29, 0.717) is 11.6 Å². The third-order valence-electron chi connectivity index (χ3n) is 3.40. The van der Waals surface area contributed by atoms with Crippen molar-refractivity contribution < 1.29 is 18.0 Å². The van der Waals surface area contributed by atoms with Crippen LogP contribution in [-0.4, -0.2) is 63.8 Å². The summed E-state index contributed by atoms with van der Waals surface area (Å²) in [6.45, 7) is -0.0917. The average molecular weight is 355 g/mol. The molecule has 0 fully saturated rings. The molecule has 1 aromatic heterocycles. The Kier molecular flexibility index (Phi) is 5.78. The van der Waals surface area contributed by atoms with Crippen LogP contribution in [0.15, 0.2) is 30.3 Å². The zero-order valence-electron chi connectivity index (χ0n) is 14.3. The second-order valence-electron chi connectivity index (χ2n) is 5.88. The number of hydrogen-bond donors (Lipinski definition) is 0. The molecule has 0 aliphatic carbocycles. The van der Waals surface area contributed by atoms with Crippen LogP contribution in [0.1, 0.15) is 5.82 Å². The summed E-state index contributed by atoms with van der Waals surface area (Å²) in [4.78, 5) is 18.4.